The van der Waals surface area contributed by atoms with Gasteiger partial charge in [0, 0.05) is 13.1 Å². The average Bonchev–Trinajstić information content (AvgIpc) is 2.77. The average molecular weight is 282 g/mol. The Kier molecular flexibility index (Phi) is 4.33. The molecule has 3 atom stereocenters. The summed E-state index contributed by atoms with van der Waals surface area (Å²) in [5.41, 5.74) is -0.117. The number of likely N-dealkylation sites (tertiary alicyclic amines) is 1. The third-order valence-corrected chi connectivity index (χ3v) is 5.11. The largest absolute Gasteiger partial charge is 0.444 e. The second kappa shape index (κ2) is 5.55. The van der Waals surface area contributed by atoms with Crippen LogP contribution in [0.4, 0.5) is 4.79 Å². The molecule has 1 amide bonds. The third kappa shape index (κ3) is 2.95. The first-order valence-electron chi connectivity index (χ1n) is 7.97. The summed E-state index contributed by atoms with van der Waals surface area (Å²) < 4.78 is 5.53. The van der Waals surface area contributed by atoms with Crippen molar-refractivity contribution in [3.05, 3.63) is 0 Å². The number of hydrogen-bond donors (Lipinski definition) is 1. The minimum Gasteiger partial charge on any atom is -0.444 e. The van der Waals surface area contributed by atoms with Crippen LogP contribution in [-0.2, 0) is 4.74 Å². The molecular weight excluding hydrogens is 252 g/mol. The van der Waals surface area contributed by atoms with E-state index in [0.29, 0.717) is 11.8 Å². The van der Waals surface area contributed by atoms with Gasteiger partial charge in [-0.1, -0.05) is 20.3 Å². The maximum Gasteiger partial charge on any atom is 0.410 e. The Hall–Kier alpha value is -0.770. The van der Waals surface area contributed by atoms with Crippen LogP contribution in [0.25, 0.3) is 0 Å². The molecule has 4 nitrogen and oxygen atoms in total. The highest BCUT2D eigenvalue weighted by molar-refractivity contribution is 5.68. The van der Waals surface area contributed by atoms with Gasteiger partial charge in [-0.05, 0) is 57.5 Å². The predicted molar refractivity (Wildman–Crippen MR) is 80.7 cm³/mol. The third-order valence-electron chi connectivity index (χ3n) is 5.11. The zero-order chi connectivity index (χ0) is 15.0. The molecule has 116 valence electrons. The summed E-state index contributed by atoms with van der Waals surface area (Å²) in [6.07, 6.45) is 2.16. The Labute approximate surface area is 123 Å². The number of nitrogens with one attached hydrogen (secondary N) is 1. The van der Waals surface area contributed by atoms with Crippen LogP contribution in [0.2, 0.25) is 0 Å². The molecule has 2 aliphatic heterocycles. The van der Waals surface area contributed by atoms with Crippen molar-refractivity contribution >= 4 is 6.09 Å². The second-order valence-corrected chi connectivity index (χ2v) is 7.55. The van der Waals surface area contributed by atoms with Gasteiger partial charge in [0.25, 0.3) is 0 Å². The van der Waals surface area contributed by atoms with Gasteiger partial charge in [0.05, 0.1) is 0 Å². The molecular formula is C16H30N2O2. The van der Waals surface area contributed by atoms with Gasteiger partial charge in [-0.15, -0.1) is 0 Å². The maximum atomic E-state index is 12.3. The second-order valence-electron chi connectivity index (χ2n) is 7.55. The Morgan fingerprint density at radius 1 is 1.40 bits per heavy atom. The quantitative estimate of drug-likeness (QED) is 0.804. The van der Waals surface area contributed by atoms with Gasteiger partial charge in [0.15, 0.2) is 0 Å². The first-order valence-corrected chi connectivity index (χ1v) is 7.97. The van der Waals surface area contributed by atoms with E-state index in [0.717, 1.165) is 32.6 Å². The number of nitrogens with zero attached hydrogens (tertiary/aromatic N) is 1. The molecule has 2 aliphatic rings. The van der Waals surface area contributed by atoms with E-state index in [2.05, 4.69) is 19.2 Å². The van der Waals surface area contributed by atoms with E-state index in [1.54, 1.807) is 0 Å². The smallest absolute Gasteiger partial charge is 0.410 e. The summed E-state index contributed by atoms with van der Waals surface area (Å²) in [6.45, 7) is 14.2. The van der Waals surface area contributed by atoms with Crippen LogP contribution in [0.15, 0.2) is 0 Å². The monoisotopic (exact) mass is 282 g/mol. The lowest BCUT2D eigenvalue weighted by molar-refractivity contribution is 0.0159. The molecule has 2 fully saturated rings. The molecule has 0 aromatic carbocycles. The predicted octanol–water partition coefficient (Wildman–Crippen LogP) is 2.88. The zero-order valence-corrected chi connectivity index (χ0v) is 13.7. The number of amides is 1. The molecule has 0 aromatic rings. The van der Waals surface area contributed by atoms with E-state index in [1.807, 2.05) is 25.7 Å². The summed E-state index contributed by atoms with van der Waals surface area (Å²) >= 11 is 0. The fraction of sp³-hybridized carbons (Fsp3) is 0.938. The van der Waals surface area contributed by atoms with E-state index in [1.165, 1.54) is 6.42 Å². The lowest BCUT2D eigenvalue weighted by Gasteiger charge is -2.46. The highest BCUT2D eigenvalue weighted by atomic mass is 16.6. The summed E-state index contributed by atoms with van der Waals surface area (Å²) in [5, 5.41) is 3.53. The normalized spacial score (nSPS) is 34.5. The molecule has 0 aliphatic carbocycles. The summed E-state index contributed by atoms with van der Waals surface area (Å²) in [7, 11) is 0. The van der Waals surface area contributed by atoms with E-state index in [9.17, 15) is 4.79 Å². The fourth-order valence-corrected chi connectivity index (χ4v) is 3.91. The molecule has 1 N–H and O–H groups in total. The number of rotatable bonds is 1. The van der Waals surface area contributed by atoms with Gasteiger partial charge in [-0.25, -0.2) is 4.79 Å². The van der Waals surface area contributed by atoms with Gasteiger partial charge < -0.3 is 15.0 Å². The SMILES string of the molecule is CCC1CNCC(C)C12CCN(C(=O)OC(C)(C)C)C2. The van der Waals surface area contributed by atoms with E-state index in [-0.39, 0.29) is 11.5 Å². The van der Waals surface area contributed by atoms with E-state index in [4.69, 9.17) is 4.74 Å². The van der Waals surface area contributed by atoms with Crippen molar-refractivity contribution in [2.75, 3.05) is 26.2 Å². The molecule has 2 rings (SSSR count). The molecule has 3 unspecified atom stereocenters. The van der Waals surface area contributed by atoms with Crippen LogP contribution < -0.4 is 5.32 Å². The molecule has 2 saturated heterocycles. The van der Waals surface area contributed by atoms with Crippen LogP contribution in [0.1, 0.15) is 47.5 Å². The number of carbonyl (C=O) groups is 1. The molecule has 0 aromatic heterocycles. The van der Waals surface area contributed by atoms with Crippen LogP contribution in [0.5, 0.6) is 0 Å². The van der Waals surface area contributed by atoms with Gasteiger partial charge in [-0.3, -0.25) is 0 Å². The van der Waals surface area contributed by atoms with Crippen LogP contribution in [-0.4, -0.2) is 42.8 Å². The zero-order valence-electron chi connectivity index (χ0n) is 13.7. The summed E-state index contributed by atoms with van der Waals surface area (Å²) in [5.74, 6) is 1.28. The highest BCUT2D eigenvalue weighted by Gasteiger charge is 2.50. The summed E-state index contributed by atoms with van der Waals surface area (Å²) in [4.78, 5) is 14.2. The minimum absolute atomic E-state index is 0.144. The highest BCUT2D eigenvalue weighted by Crippen LogP contribution is 2.47. The number of carbonyl (C=O) groups excluding carboxylic acids is 1. The van der Waals surface area contributed by atoms with Crippen molar-refractivity contribution in [2.45, 2.75) is 53.1 Å². The first kappa shape index (κ1) is 15.6. The Morgan fingerprint density at radius 2 is 2.10 bits per heavy atom. The number of hydrogen-bond acceptors (Lipinski definition) is 3. The molecule has 20 heavy (non-hydrogen) atoms. The van der Waals surface area contributed by atoms with Gasteiger partial charge in [0.1, 0.15) is 5.60 Å². The topological polar surface area (TPSA) is 41.6 Å². The van der Waals surface area contributed by atoms with Crippen molar-refractivity contribution in [1.29, 1.82) is 0 Å². The van der Waals surface area contributed by atoms with Gasteiger partial charge in [0.2, 0.25) is 0 Å². The Morgan fingerprint density at radius 3 is 2.70 bits per heavy atom. The van der Waals surface area contributed by atoms with Crippen molar-refractivity contribution in [3.63, 3.8) is 0 Å². The number of ether oxygens (including phenoxy) is 1. The van der Waals surface area contributed by atoms with Gasteiger partial charge >= 0.3 is 6.09 Å². The van der Waals surface area contributed by atoms with Crippen LogP contribution in [0.3, 0.4) is 0 Å². The van der Waals surface area contributed by atoms with E-state index < -0.39 is 5.60 Å². The number of piperidine rings is 1. The van der Waals surface area contributed by atoms with Crippen molar-refractivity contribution in [2.24, 2.45) is 17.3 Å². The minimum atomic E-state index is -0.406. The lowest BCUT2D eigenvalue weighted by atomic mass is 9.63. The fourth-order valence-electron chi connectivity index (χ4n) is 3.91. The Bertz CT molecular complexity index is 364. The lowest BCUT2D eigenvalue weighted by Crippen LogP contribution is -2.52. The van der Waals surface area contributed by atoms with Crippen molar-refractivity contribution < 1.29 is 9.53 Å². The molecule has 1 spiro atoms. The Balaban J connectivity index is 2.07. The maximum absolute atomic E-state index is 12.3. The first-order chi connectivity index (χ1) is 9.28. The van der Waals surface area contributed by atoms with E-state index >= 15 is 0 Å². The van der Waals surface area contributed by atoms with Crippen molar-refractivity contribution in [3.8, 4) is 0 Å². The molecule has 0 bridgehead atoms. The standard InChI is InChI=1S/C16H30N2O2/c1-6-13-10-17-9-12(2)16(13)7-8-18(11-16)14(19)20-15(3,4)5/h12-13,17H,6-11H2,1-5H3. The molecule has 0 radical (unpaired) electrons. The molecule has 0 saturated carbocycles. The van der Waals surface area contributed by atoms with Crippen molar-refractivity contribution in [1.82, 2.24) is 10.2 Å². The summed E-state index contributed by atoms with van der Waals surface area (Å²) in [6, 6.07) is 0. The van der Waals surface area contributed by atoms with Gasteiger partial charge in [-0.2, -0.15) is 0 Å². The van der Waals surface area contributed by atoms with Crippen LogP contribution in [0, 0.1) is 17.3 Å². The molecule has 4 heteroatoms. The van der Waals surface area contributed by atoms with Crippen LogP contribution >= 0.6 is 0 Å². The molecule has 2 heterocycles.